The average molecular weight is 318 g/mol. The fraction of sp³-hybridized carbons (Fsp3) is 0.571. The number of hydrogen-bond donors (Lipinski definition) is 1. The maximum absolute atomic E-state index is 13.9. The molecular weight excluding hydrogens is 297 g/mol. The van der Waals surface area contributed by atoms with Crippen molar-refractivity contribution >= 4 is 15.9 Å². The summed E-state index contributed by atoms with van der Waals surface area (Å²) in [6.45, 7) is 7.48. The fourth-order valence-corrected chi connectivity index (χ4v) is 2.32. The summed E-state index contributed by atoms with van der Waals surface area (Å²) in [4.78, 5) is 0. The zero-order valence-electron chi connectivity index (χ0n) is 11.2. The summed E-state index contributed by atoms with van der Waals surface area (Å²) in [6.07, 6.45) is 0.940. The smallest absolute Gasteiger partial charge is 0.128 e. The minimum Gasteiger partial charge on any atom is -0.377 e. The van der Waals surface area contributed by atoms with E-state index in [1.165, 1.54) is 6.07 Å². The highest BCUT2D eigenvalue weighted by molar-refractivity contribution is 9.10. The van der Waals surface area contributed by atoms with Crippen molar-refractivity contribution in [3.8, 4) is 0 Å². The van der Waals surface area contributed by atoms with Crippen molar-refractivity contribution in [2.75, 3.05) is 13.2 Å². The third kappa shape index (κ3) is 4.34. The molecule has 0 amide bonds. The molecule has 1 aromatic rings. The van der Waals surface area contributed by atoms with Gasteiger partial charge in [-0.25, -0.2) is 4.39 Å². The minimum atomic E-state index is -0.196. The van der Waals surface area contributed by atoms with Crippen LogP contribution >= 0.6 is 15.9 Å². The molecule has 0 spiro atoms. The van der Waals surface area contributed by atoms with Gasteiger partial charge in [0.25, 0.3) is 0 Å². The van der Waals surface area contributed by atoms with Crippen LogP contribution in [-0.2, 0) is 4.74 Å². The molecule has 1 rings (SSSR count). The van der Waals surface area contributed by atoms with Crippen LogP contribution in [0.3, 0.4) is 0 Å². The molecule has 1 aromatic carbocycles. The molecular formula is C14H21BrFNO. The zero-order valence-corrected chi connectivity index (χ0v) is 12.8. The van der Waals surface area contributed by atoms with Crippen LogP contribution in [0, 0.1) is 5.82 Å². The molecule has 2 unspecified atom stereocenters. The van der Waals surface area contributed by atoms with E-state index in [9.17, 15) is 4.39 Å². The van der Waals surface area contributed by atoms with Crippen molar-refractivity contribution in [1.29, 1.82) is 0 Å². The van der Waals surface area contributed by atoms with Gasteiger partial charge >= 0.3 is 0 Å². The molecule has 0 bridgehead atoms. The van der Waals surface area contributed by atoms with Gasteiger partial charge in [0.2, 0.25) is 0 Å². The Morgan fingerprint density at radius 2 is 2.11 bits per heavy atom. The van der Waals surface area contributed by atoms with Crippen molar-refractivity contribution in [3.63, 3.8) is 0 Å². The third-order valence-electron chi connectivity index (χ3n) is 2.81. The van der Waals surface area contributed by atoms with E-state index in [4.69, 9.17) is 4.74 Å². The molecule has 2 atom stereocenters. The van der Waals surface area contributed by atoms with E-state index in [-0.39, 0.29) is 18.0 Å². The summed E-state index contributed by atoms with van der Waals surface area (Å²) in [5.74, 6) is -0.196. The molecule has 0 aliphatic heterocycles. The molecule has 0 saturated carbocycles. The van der Waals surface area contributed by atoms with Gasteiger partial charge in [0.1, 0.15) is 5.82 Å². The first-order valence-electron chi connectivity index (χ1n) is 6.40. The highest BCUT2D eigenvalue weighted by Crippen LogP contribution is 2.25. The van der Waals surface area contributed by atoms with Gasteiger partial charge in [-0.1, -0.05) is 22.9 Å². The van der Waals surface area contributed by atoms with Gasteiger partial charge in [-0.15, -0.1) is 0 Å². The van der Waals surface area contributed by atoms with Crippen molar-refractivity contribution < 1.29 is 9.13 Å². The van der Waals surface area contributed by atoms with E-state index in [0.717, 1.165) is 17.4 Å². The molecule has 0 heterocycles. The average Bonchev–Trinajstić information content (AvgIpc) is 2.34. The molecule has 0 aromatic heterocycles. The summed E-state index contributed by atoms with van der Waals surface area (Å²) in [5.41, 5.74) is 0.652. The SMILES string of the molecule is CCCNC(c1cc(Br)ccc1F)C(C)OCC. The van der Waals surface area contributed by atoms with Gasteiger partial charge in [0, 0.05) is 16.6 Å². The van der Waals surface area contributed by atoms with Crippen LogP contribution < -0.4 is 5.32 Å². The predicted molar refractivity (Wildman–Crippen MR) is 76.2 cm³/mol. The van der Waals surface area contributed by atoms with Crippen molar-refractivity contribution in [2.24, 2.45) is 0 Å². The molecule has 0 fully saturated rings. The number of nitrogens with one attached hydrogen (secondary N) is 1. The number of ether oxygens (including phenoxy) is 1. The van der Waals surface area contributed by atoms with E-state index in [1.54, 1.807) is 6.07 Å². The van der Waals surface area contributed by atoms with Gasteiger partial charge in [-0.05, 0) is 45.0 Å². The first-order chi connectivity index (χ1) is 8.60. The van der Waals surface area contributed by atoms with E-state index >= 15 is 0 Å². The zero-order chi connectivity index (χ0) is 13.5. The Morgan fingerprint density at radius 3 is 2.72 bits per heavy atom. The van der Waals surface area contributed by atoms with E-state index in [1.807, 2.05) is 19.9 Å². The molecule has 2 nitrogen and oxygen atoms in total. The van der Waals surface area contributed by atoms with Gasteiger partial charge < -0.3 is 10.1 Å². The number of benzene rings is 1. The number of halogens is 2. The topological polar surface area (TPSA) is 21.3 Å². The maximum atomic E-state index is 13.9. The van der Waals surface area contributed by atoms with Gasteiger partial charge in [-0.2, -0.15) is 0 Å². The number of rotatable bonds is 7. The maximum Gasteiger partial charge on any atom is 0.128 e. The Bertz CT molecular complexity index is 373. The lowest BCUT2D eigenvalue weighted by Crippen LogP contribution is -2.33. The monoisotopic (exact) mass is 317 g/mol. The lowest BCUT2D eigenvalue weighted by Gasteiger charge is -2.26. The largest absolute Gasteiger partial charge is 0.377 e. The molecule has 4 heteroatoms. The minimum absolute atomic E-state index is 0.0645. The molecule has 102 valence electrons. The van der Waals surface area contributed by atoms with Crippen LogP contribution in [0.5, 0.6) is 0 Å². The molecule has 1 N–H and O–H groups in total. The van der Waals surface area contributed by atoms with Gasteiger partial charge in [0.05, 0.1) is 12.1 Å². The second-order valence-electron chi connectivity index (χ2n) is 4.26. The van der Waals surface area contributed by atoms with Crippen LogP contribution in [0.2, 0.25) is 0 Å². The van der Waals surface area contributed by atoms with Crippen molar-refractivity contribution in [3.05, 3.63) is 34.1 Å². The lowest BCUT2D eigenvalue weighted by atomic mass is 10.0. The first-order valence-corrected chi connectivity index (χ1v) is 7.19. The van der Waals surface area contributed by atoms with E-state index in [2.05, 4.69) is 28.2 Å². The fourth-order valence-electron chi connectivity index (χ4n) is 1.94. The molecule has 0 aliphatic carbocycles. The second kappa shape index (κ2) is 7.87. The molecule has 0 saturated heterocycles. The van der Waals surface area contributed by atoms with Gasteiger partial charge in [-0.3, -0.25) is 0 Å². The van der Waals surface area contributed by atoms with Crippen molar-refractivity contribution in [2.45, 2.75) is 39.3 Å². The van der Waals surface area contributed by atoms with Crippen LogP contribution in [-0.4, -0.2) is 19.3 Å². The Morgan fingerprint density at radius 1 is 1.39 bits per heavy atom. The molecule has 0 aliphatic rings. The third-order valence-corrected chi connectivity index (χ3v) is 3.30. The molecule has 18 heavy (non-hydrogen) atoms. The quantitative estimate of drug-likeness (QED) is 0.819. The summed E-state index contributed by atoms with van der Waals surface area (Å²) in [5, 5.41) is 3.35. The highest BCUT2D eigenvalue weighted by Gasteiger charge is 2.22. The van der Waals surface area contributed by atoms with Crippen LogP contribution in [0.1, 0.15) is 38.8 Å². The Balaban J connectivity index is 2.96. The van der Waals surface area contributed by atoms with Crippen LogP contribution in [0.15, 0.2) is 22.7 Å². The van der Waals surface area contributed by atoms with Gasteiger partial charge in [0.15, 0.2) is 0 Å². The normalized spacial score (nSPS) is 14.5. The second-order valence-corrected chi connectivity index (χ2v) is 5.17. The number of hydrogen-bond acceptors (Lipinski definition) is 2. The summed E-state index contributed by atoms with van der Waals surface area (Å²) < 4.78 is 20.4. The first kappa shape index (κ1) is 15.6. The lowest BCUT2D eigenvalue weighted by molar-refractivity contribution is 0.0463. The van der Waals surface area contributed by atoms with Crippen molar-refractivity contribution in [1.82, 2.24) is 5.32 Å². The standard InChI is InChI=1S/C14H21BrFNO/c1-4-8-17-14(10(3)18-5-2)12-9-11(15)6-7-13(12)16/h6-7,9-10,14,17H,4-5,8H2,1-3H3. The Kier molecular flexibility index (Phi) is 6.82. The van der Waals surface area contributed by atoms with Crippen LogP contribution in [0.4, 0.5) is 4.39 Å². The van der Waals surface area contributed by atoms with E-state index in [0.29, 0.717) is 12.2 Å². The van der Waals surface area contributed by atoms with E-state index < -0.39 is 0 Å². The Labute approximate surface area is 117 Å². The summed E-state index contributed by atoms with van der Waals surface area (Å²) >= 11 is 3.39. The summed E-state index contributed by atoms with van der Waals surface area (Å²) in [7, 11) is 0. The van der Waals surface area contributed by atoms with Crippen LogP contribution in [0.25, 0.3) is 0 Å². The summed E-state index contributed by atoms with van der Waals surface area (Å²) in [6, 6.07) is 4.89. The Hall–Kier alpha value is -0.450. The highest BCUT2D eigenvalue weighted by atomic mass is 79.9. The molecule has 0 radical (unpaired) electrons. The predicted octanol–water partition coefficient (Wildman–Crippen LogP) is 4.05.